The van der Waals surface area contributed by atoms with Gasteiger partial charge in [0.25, 0.3) is 15.9 Å². The molecule has 0 saturated carbocycles. The van der Waals surface area contributed by atoms with Crippen LogP contribution in [0, 0.1) is 0 Å². The van der Waals surface area contributed by atoms with Crippen LogP contribution in [0.3, 0.4) is 0 Å². The number of carbonyl (C=O) groups is 1. The average Bonchev–Trinajstić information content (AvgIpc) is 3.09. The molecule has 31 heavy (non-hydrogen) atoms. The van der Waals surface area contributed by atoms with E-state index in [1.807, 2.05) is 5.43 Å². The van der Waals surface area contributed by atoms with Gasteiger partial charge < -0.3 is 4.42 Å². The molecule has 0 unspecified atom stereocenters. The predicted octanol–water partition coefficient (Wildman–Crippen LogP) is 4.88. The Hall–Kier alpha value is -3.08. The maximum absolute atomic E-state index is 12.9. The maximum atomic E-state index is 12.9. The summed E-state index contributed by atoms with van der Waals surface area (Å²) in [7, 11) is -4.58. The van der Waals surface area contributed by atoms with Crippen molar-refractivity contribution in [3.63, 3.8) is 0 Å². The molecule has 0 aliphatic heterocycles. The van der Waals surface area contributed by atoms with Crippen LogP contribution < -0.4 is 10.3 Å². The fourth-order valence-electron chi connectivity index (χ4n) is 2.99. The van der Waals surface area contributed by atoms with E-state index in [1.165, 1.54) is 12.1 Å². The van der Waals surface area contributed by atoms with Crippen molar-refractivity contribution in [1.29, 1.82) is 0 Å². The summed E-state index contributed by atoms with van der Waals surface area (Å²) in [5, 5.41) is 0.983. The van der Waals surface area contributed by atoms with Crippen LogP contribution in [0.5, 0.6) is 0 Å². The Morgan fingerprint density at radius 1 is 0.935 bits per heavy atom. The Labute approximate surface area is 178 Å². The number of amides is 1. The van der Waals surface area contributed by atoms with Crippen LogP contribution in [0.1, 0.15) is 15.9 Å². The van der Waals surface area contributed by atoms with Crippen LogP contribution in [0.25, 0.3) is 21.9 Å². The van der Waals surface area contributed by atoms with E-state index in [9.17, 15) is 26.4 Å². The SMILES string of the molecule is O=C(NNS(=O)(=O)c1cc(C(F)(F)F)ccc1Cl)c1ccc2oc3ccccc3c2c1. The van der Waals surface area contributed by atoms with Crippen molar-refractivity contribution >= 4 is 49.5 Å². The second-order valence-corrected chi connectivity index (χ2v) is 8.57. The molecule has 1 amide bonds. The second-order valence-electron chi connectivity index (χ2n) is 6.51. The Morgan fingerprint density at radius 3 is 2.39 bits per heavy atom. The van der Waals surface area contributed by atoms with Crippen molar-refractivity contribution in [2.45, 2.75) is 11.1 Å². The van der Waals surface area contributed by atoms with E-state index in [0.29, 0.717) is 28.7 Å². The fraction of sp³-hybridized carbons (Fsp3) is 0.0500. The number of para-hydroxylation sites is 1. The molecule has 3 aromatic carbocycles. The number of furan rings is 1. The summed E-state index contributed by atoms with van der Waals surface area (Å²) in [6.45, 7) is 0. The van der Waals surface area contributed by atoms with Crippen LogP contribution in [0.2, 0.25) is 5.02 Å². The van der Waals surface area contributed by atoms with Gasteiger partial charge >= 0.3 is 6.18 Å². The van der Waals surface area contributed by atoms with Gasteiger partial charge in [-0.1, -0.05) is 29.8 Å². The summed E-state index contributed by atoms with van der Waals surface area (Å²) < 4.78 is 69.2. The summed E-state index contributed by atoms with van der Waals surface area (Å²) >= 11 is 5.76. The van der Waals surface area contributed by atoms with Crippen molar-refractivity contribution in [2.24, 2.45) is 0 Å². The molecule has 4 aromatic rings. The van der Waals surface area contributed by atoms with Gasteiger partial charge in [0.2, 0.25) is 0 Å². The number of sulfonamides is 1. The highest BCUT2D eigenvalue weighted by Crippen LogP contribution is 2.33. The summed E-state index contributed by atoms with van der Waals surface area (Å²) in [5.41, 5.74) is 2.05. The summed E-state index contributed by atoms with van der Waals surface area (Å²) in [6.07, 6.45) is -4.76. The lowest BCUT2D eigenvalue weighted by Gasteiger charge is -2.12. The van der Waals surface area contributed by atoms with Crippen molar-refractivity contribution in [3.05, 3.63) is 76.8 Å². The highest BCUT2D eigenvalue weighted by atomic mass is 35.5. The van der Waals surface area contributed by atoms with Crippen molar-refractivity contribution < 1.29 is 30.8 Å². The molecule has 4 rings (SSSR count). The number of hydrazine groups is 1. The highest BCUT2D eigenvalue weighted by molar-refractivity contribution is 7.89. The first kappa shape index (κ1) is 21.2. The molecular weight excluding hydrogens is 457 g/mol. The van der Waals surface area contributed by atoms with Gasteiger partial charge in [0.1, 0.15) is 16.1 Å². The first-order valence-electron chi connectivity index (χ1n) is 8.66. The Bertz CT molecular complexity index is 1430. The number of hydrogen-bond acceptors (Lipinski definition) is 4. The molecule has 0 aliphatic carbocycles. The van der Waals surface area contributed by atoms with E-state index in [2.05, 4.69) is 0 Å². The largest absolute Gasteiger partial charge is 0.456 e. The van der Waals surface area contributed by atoms with Crippen molar-refractivity contribution in [3.8, 4) is 0 Å². The topological polar surface area (TPSA) is 88.4 Å². The summed E-state index contributed by atoms with van der Waals surface area (Å²) in [4.78, 5) is 13.4. The van der Waals surface area contributed by atoms with E-state index in [-0.39, 0.29) is 5.56 Å². The number of nitrogens with one attached hydrogen (secondary N) is 2. The number of carbonyl (C=O) groups excluding carboxylic acids is 1. The molecule has 0 fully saturated rings. The molecule has 160 valence electrons. The summed E-state index contributed by atoms with van der Waals surface area (Å²) in [5.74, 6) is -0.821. The first-order valence-corrected chi connectivity index (χ1v) is 10.5. The molecule has 0 atom stereocenters. The average molecular weight is 469 g/mol. The zero-order chi connectivity index (χ0) is 22.4. The minimum atomic E-state index is -4.76. The van der Waals surface area contributed by atoms with Crippen LogP contribution >= 0.6 is 11.6 Å². The second kappa shape index (κ2) is 7.56. The molecule has 1 aromatic heterocycles. The number of halogens is 4. The van der Waals surface area contributed by atoms with Crippen molar-refractivity contribution in [1.82, 2.24) is 10.3 Å². The monoisotopic (exact) mass is 468 g/mol. The van der Waals surface area contributed by atoms with E-state index >= 15 is 0 Å². The fourth-order valence-corrected chi connectivity index (χ4v) is 4.36. The minimum Gasteiger partial charge on any atom is -0.456 e. The highest BCUT2D eigenvalue weighted by Gasteiger charge is 2.33. The van der Waals surface area contributed by atoms with E-state index in [0.717, 1.165) is 11.5 Å². The predicted molar refractivity (Wildman–Crippen MR) is 108 cm³/mol. The lowest BCUT2D eigenvalue weighted by Crippen LogP contribution is -2.41. The molecule has 0 bridgehead atoms. The molecule has 0 aliphatic rings. The van der Waals surface area contributed by atoms with Gasteiger partial charge in [-0.25, -0.2) is 8.42 Å². The van der Waals surface area contributed by atoms with Gasteiger partial charge in [-0.05, 0) is 42.5 Å². The van der Waals surface area contributed by atoms with Gasteiger partial charge in [-0.2, -0.15) is 13.2 Å². The zero-order valence-corrected chi connectivity index (χ0v) is 16.9. The molecule has 2 N–H and O–H groups in total. The quantitative estimate of drug-likeness (QED) is 0.418. The molecule has 0 radical (unpaired) electrons. The maximum Gasteiger partial charge on any atom is 0.416 e. The smallest absolute Gasteiger partial charge is 0.416 e. The van der Waals surface area contributed by atoms with Crippen molar-refractivity contribution in [2.75, 3.05) is 0 Å². The van der Waals surface area contributed by atoms with Gasteiger partial charge in [0.15, 0.2) is 0 Å². The van der Waals surface area contributed by atoms with E-state index in [4.69, 9.17) is 16.0 Å². The Morgan fingerprint density at radius 2 is 1.65 bits per heavy atom. The van der Waals surface area contributed by atoms with E-state index < -0.39 is 37.6 Å². The number of rotatable bonds is 4. The molecule has 6 nitrogen and oxygen atoms in total. The first-order chi connectivity index (χ1) is 14.6. The molecule has 1 heterocycles. The van der Waals surface area contributed by atoms with Crippen LogP contribution in [0.4, 0.5) is 13.2 Å². The van der Waals surface area contributed by atoms with E-state index in [1.54, 1.807) is 35.2 Å². The third-order valence-corrected chi connectivity index (χ3v) is 6.22. The zero-order valence-electron chi connectivity index (χ0n) is 15.3. The normalized spacial score (nSPS) is 12.4. The third-order valence-electron chi connectivity index (χ3n) is 4.49. The number of alkyl halides is 3. The molecular formula is C20H12ClF3N2O4S. The van der Waals surface area contributed by atoms with Crippen LogP contribution in [-0.4, -0.2) is 14.3 Å². The van der Waals surface area contributed by atoms with Gasteiger partial charge in [-0.3, -0.25) is 10.2 Å². The van der Waals surface area contributed by atoms with Crippen LogP contribution in [-0.2, 0) is 16.2 Å². The Kier molecular flexibility index (Phi) is 5.16. The standard InChI is InChI=1S/C20H12ClF3N2O4S/c21-15-7-6-12(20(22,23)24)10-18(15)31(28,29)26-25-19(27)11-5-8-17-14(9-11)13-3-1-2-4-16(13)30-17/h1-10,26H,(H,25,27). The number of fused-ring (bicyclic) bond motifs is 3. The Balaban J connectivity index is 1.59. The third kappa shape index (κ3) is 4.09. The van der Waals surface area contributed by atoms with Gasteiger partial charge in [0.05, 0.1) is 10.6 Å². The minimum absolute atomic E-state index is 0.108. The van der Waals surface area contributed by atoms with Gasteiger partial charge in [0, 0.05) is 16.3 Å². The number of benzene rings is 3. The molecule has 0 saturated heterocycles. The summed E-state index contributed by atoms with van der Waals surface area (Å²) in [6, 6.07) is 13.5. The molecule has 0 spiro atoms. The lowest BCUT2D eigenvalue weighted by molar-refractivity contribution is -0.137. The lowest BCUT2D eigenvalue weighted by atomic mass is 10.1. The van der Waals surface area contributed by atoms with Gasteiger partial charge in [-0.15, -0.1) is 4.83 Å². The molecule has 11 heteroatoms. The van der Waals surface area contributed by atoms with Crippen LogP contribution in [0.15, 0.2) is 70.0 Å². The number of hydrogen-bond donors (Lipinski definition) is 2.